The molecule has 2 aliphatic heterocycles. The van der Waals surface area contributed by atoms with Crippen molar-refractivity contribution >= 4 is 5.91 Å². The number of carbonyl (C=O) groups is 1. The van der Waals surface area contributed by atoms with E-state index >= 15 is 0 Å². The van der Waals surface area contributed by atoms with Gasteiger partial charge in [0.2, 0.25) is 5.91 Å². The second-order valence-electron chi connectivity index (χ2n) is 8.70. The smallest absolute Gasteiger partial charge is 0.237 e. The number of likely N-dealkylation sites (tertiary alicyclic amines) is 2. The van der Waals surface area contributed by atoms with Crippen molar-refractivity contribution in [2.45, 2.75) is 19.5 Å². The largest absolute Gasteiger partial charge is 0.337 e. The van der Waals surface area contributed by atoms with E-state index in [1.807, 2.05) is 31.5 Å². The summed E-state index contributed by atoms with van der Waals surface area (Å²) in [5, 5.41) is 0. The molecule has 0 bridgehead atoms. The number of benzene rings is 1. The molecule has 0 N–H and O–H groups in total. The molecule has 2 fully saturated rings. The zero-order valence-electron chi connectivity index (χ0n) is 17.4. The Bertz CT molecular complexity index is 845. The van der Waals surface area contributed by atoms with Crippen LogP contribution in [0.5, 0.6) is 0 Å². The van der Waals surface area contributed by atoms with Crippen LogP contribution >= 0.6 is 0 Å². The standard InChI is InChI=1S/C22H31N5O/c1-16-7-5-6-8-19(16)22-20-13-26(12-18-9-23-15-25(18)4)10-17(20)11-27(22)21(28)14-24(2)3/h5-9,15,17,20,22H,10-14H2,1-4H3/t17-,20-,22+/m1/s1. The third kappa shape index (κ3) is 3.59. The first-order valence-corrected chi connectivity index (χ1v) is 10.1. The molecule has 1 aromatic heterocycles. The fourth-order valence-electron chi connectivity index (χ4n) is 4.97. The van der Waals surface area contributed by atoms with Gasteiger partial charge in [0.05, 0.1) is 24.6 Å². The maximum Gasteiger partial charge on any atom is 0.237 e. The summed E-state index contributed by atoms with van der Waals surface area (Å²) in [4.78, 5) is 23.9. The van der Waals surface area contributed by atoms with Gasteiger partial charge >= 0.3 is 0 Å². The van der Waals surface area contributed by atoms with Gasteiger partial charge < -0.3 is 14.4 Å². The molecule has 28 heavy (non-hydrogen) atoms. The van der Waals surface area contributed by atoms with Crippen LogP contribution in [-0.4, -0.2) is 70.4 Å². The van der Waals surface area contributed by atoms with E-state index in [4.69, 9.17) is 0 Å². The molecular weight excluding hydrogens is 350 g/mol. The third-order valence-corrected chi connectivity index (χ3v) is 6.32. The van der Waals surface area contributed by atoms with Crippen molar-refractivity contribution in [1.82, 2.24) is 24.3 Å². The number of aromatic nitrogens is 2. The van der Waals surface area contributed by atoms with Gasteiger partial charge in [0, 0.05) is 45.3 Å². The molecule has 1 aromatic carbocycles. The van der Waals surface area contributed by atoms with E-state index < -0.39 is 0 Å². The number of hydrogen-bond acceptors (Lipinski definition) is 4. The number of likely N-dealkylation sites (N-methyl/N-ethyl adjacent to an activating group) is 1. The zero-order valence-corrected chi connectivity index (χ0v) is 17.4. The van der Waals surface area contributed by atoms with E-state index in [9.17, 15) is 4.79 Å². The first-order valence-electron chi connectivity index (χ1n) is 10.1. The van der Waals surface area contributed by atoms with Crippen LogP contribution in [0, 0.1) is 18.8 Å². The predicted molar refractivity (Wildman–Crippen MR) is 110 cm³/mol. The Labute approximate surface area is 167 Å². The van der Waals surface area contributed by atoms with Crippen molar-refractivity contribution in [2.24, 2.45) is 18.9 Å². The highest BCUT2D eigenvalue weighted by atomic mass is 16.2. The molecule has 6 nitrogen and oxygen atoms in total. The fraction of sp³-hybridized carbons (Fsp3) is 0.545. The minimum absolute atomic E-state index is 0.176. The van der Waals surface area contributed by atoms with Gasteiger partial charge in [0.25, 0.3) is 0 Å². The van der Waals surface area contributed by atoms with Gasteiger partial charge in [0.1, 0.15) is 0 Å². The lowest BCUT2D eigenvalue weighted by molar-refractivity contribution is -0.133. The van der Waals surface area contributed by atoms with Crippen LogP contribution in [0.1, 0.15) is 22.9 Å². The molecule has 0 saturated carbocycles. The Morgan fingerprint density at radius 3 is 2.68 bits per heavy atom. The molecule has 0 unspecified atom stereocenters. The van der Waals surface area contributed by atoms with Gasteiger partial charge in [-0.15, -0.1) is 0 Å². The molecule has 0 radical (unpaired) electrons. The van der Waals surface area contributed by atoms with Crippen molar-refractivity contribution in [2.75, 3.05) is 40.3 Å². The Kier molecular flexibility index (Phi) is 5.25. The van der Waals surface area contributed by atoms with Crippen LogP contribution in [-0.2, 0) is 18.4 Å². The molecule has 2 aliphatic rings. The van der Waals surface area contributed by atoms with E-state index in [0.29, 0.717) is 18.4 Å². The van der Waals surface area contributed by atoms with Gasteiger partial charge in [-0.1, -0.05) is 24.3 Å². The summed E-state index contributed by atoms with van der Waals surface area (Å²) in [7, 11) is 5.98. The molecule has 150 valence electrons. The lowest BCUT2D eigenvalue weighted by Gasteiger charge is -2.31. The Morgan fingerprint density at radius 1 is 1.21 bits per heavy atom. The highest BCUT2D eigenvalue weighted by molar-refractivity contribution is 5.79. The number of rotatable bonds is 5. The quantitative estimate of drug-likeness (QED) is 0.794. The summed E-state index contributed by atoms with van der Waals surface area (Å²) < 4.78 is 2.10. The summed E-state index contributed by atoms with van der Waals surface area (Å²) in [6, 6.07) is 8.74. The van der Waals surface area contributed by atoms with E-state index in [-0.39, 0.29) is 11.9 Å². The maximum atomic E-state index is 13.0. The minimum atomic E-state index is 0.176. The van der Waals surface area contributed by atoms with Crippen LogP contribution in [0.3, 0.4) is 0 Å². The van der Waals surface area contributed by atoms with Gasteiger partial charge in [-0.3, -0.25) is 9.69 Å². The number of aryl methyl sites for hydroxylation is 2. The van der Waals surface area contributed by atoms with Gasteiger partial charge in [-0.05, 0) is 38.1 Å². The van der Waals surface area contributed by atoms with E-state index in [1.54, 1.807) is 0 Å². The van der Waals surface area contributed by atoms with E-state index in [0.717, 1.165) is 26.2 Å². The molecule has 4 rings (SSSR count). The van der Waals surface area contributed by atoms with Gasteiger partial charge in [0.15, 0.2) is 0 Å². The first kappa shape index (κ1) is 19.2. The molecule has 2 saturated heterocycles. The topological polar surface area (TPSA) is 44.6 Å². The molecular formula is C22H31N5O. The van der Waals surface area contributed by atoms with Crippen LogP contribution in [0.15, 0.2) is 36.8 Å². The van der Waals surface area contributed by atoms with Crippen molar-refractivity contribution in [3.05, 3.63) is 53.6 Å². The lowest BCUT2D eigenvalue weighted by Crippen LogP contribution is -2.40. The molecule has 3 heterocycles. The maximum absolute atomic E-state index is 13.0. The van der Waals surface area contributed by atoms with Crippen LogP contribution in [0.2, 0.25) is 0 Å². The van der Waals surface area contributed by atoms with Crippen molar-refractivity contribution in [3.63, 3.8) is 0 Å². The number of nitrogens with zero attached hydrogens (tertiary/aromatic N) is 5. The zero-order chi connectivity index (χ0) is 19.8. The van der Waals surface area contributed by atoms with Gasteiger partial charge in [-0.2, -0.15) is 0 Å². The summed E-state index contributed by atoms with van der Waals surface area (Å²) in [5.41, 5.74) is 3.83. The number of carbonyl (C=O) groups excluding carboxylic acids is 1. The molecule has 0 spiro atoms. The van der Waals surface area contributed by atoms with Crippen LogP contribution in [0.4, 0.5) is 0 Å². The first-order chi connectivity index (χ1) is 13.4. The molecule has 1 amide bonds. The Morgan fingerprint density at radius 2 is 2.00 bits per heavy atom. The minimum Gasteiger partial charge on any atom is -0.337 e. The highest BCUT2D eigenvalue weighted by Gasteiger charge is 2.49. The Balaban J connectivity index is 1.58. The molecule has 6 heteroatoms. The SMILES string of the molecule is Cc1ccccc1[C@H]1[C@@H]2CN(Cc3cncn3C)C[C@@H]2CN1C(=O)CN(C)C. The predicted octanol–water partition coefficient (Wildman–Crippen LogP) is 1.92. The summed E-state index contributed by atoms with van der Waals surface area (Å²) >= 11 is 0. The average Bonchev–Trinajstić information content (AvgIpc) is 3.30. The van der Waals surface area contributed by atoms with Gasteiger partial charge in [-0.25, -0.2) is 4.98 Å². The number of imidazole rings is 1. The lowest BCUT2D eigenvalue weighted by atomic mass is 9.87. The summed E-state index contributed by atoms with van der Waals surface area (Å²) in [6.07, 6.45) is 3.82. The molecule has 0 aliphatic carbocycles. The normalized spacial score (nSPS) is 24.9. The second kappa shape index (κ2) is 7.68. The van der Waals surface area contributed by atoms with E-state index in [2.05, 4.69) is 57.6 Å². The highest BCUT2D eigenvalue weighted by Crippen LogP contribution is 2.46. The number of hydrogen-bond donors (Lipinski definition) is 0. The summed E-state index contributed by atoms with van der Waals surface area (Å²) in [6.45, 7) is 6.50. The Hall–Kier alpha value is -2.18. The summed E-state index contributed by atoms with van der Waals surface area (Å²) in [5.74, 6) is 1.26. The third-order valence-electron chi connectivity index (χ3n) is 6.32. The monoisotopic (exact) mass is 381 g/mol. The fourth-order valence-corrected chi connectivity index (χ4v) is 4.97. The molecule has 2 aromatic rings. The van der Waals surface area contributed by atoms with E-state index in [1.165, 1.54) is 16.8 Å². The van der Waals surface area contributed by atoms with Crippen molar-refractivity contribution in [1.29, 1.82) is 0 Å². The van der Waals surface area contributed by atoms with Crippen molar-refractivity contribution in [3.8, 4) is 0 Å². The van der Waals surface area contributed by atoms with Crippen LogP contribution in [0.25, 0.3) is 0 Å². The van der Waals surface area contributed by atoms with Crippen LogP contribution < -0.4 is 0 Å². The molecule has 3 atom stereocenters. The number of amides is 1. The second-order valence-corrected chi connectivity index (χ2v) is 8.70. The van der Waals surface area contributed by atoms with Crippen molar-refractivity contribution < 1.29 is 4.79 Å². The average molecular weight is 382 g/mol. The number of fused-ring (bicyclic) bond motifs is 1.